The molecular weight excluding hydrogens is 442 g/mol. The number of halogens is 2. The number of nitrogens with one attached hydrogen (secondary N) is 3. The summed E-state index contributed by atoms with van der Waals surface area (Å²) in [4.78, 5) is 23.7. The summed E-state index contributed by atoms with van der Waals surface area (Å²) >= 11 is 0.727. The Morgan fingerprint density at radius 2 is 1.88 bits per heavy atom. The number of carbonyl (C=O) groups excluding carboxylic acids is 1. The minimum absolute atomic E-state index is 0.0123. The third-order valence-electron chi connectivity index (χ3n) is 4.49. The molecule has 0 atom stereocenters. The van der Waals surface area contributed by atoms with E-state index in [1.165, 1.54) is 6.92 Å². The van der Waals surface area contributed by atoms with E-state index < -0.39 is 30.2 Å². The van der Waals surface area contributed by atoms with Gasteiger partial charge >= 0.3 is 12.0 Å². The second-order valence-corrected chi connectivity index (χ2v) is 8.30. The minimum atomic E-state index is -1.36. The van der Waals surface area contributed by atoms with E-state index in [1.807, 2.05) is 0 Å². The lowest BCUT2D eigenvalue weighted by Gasteiger charge is -2.09. The maximum Gasteiger partial charge on any atom is 0.344 e. The van der Waals surface area contributed by atoms with Crippen LogP contribution in [0, 0.1) is 18.6 Å². The highest BCUT2D eigenvalue weighted by Gasteiger charge is 2.24. The highest BCUT2D eigenvalue weighted by atomic mass is 32.1. The number of aromatic carboxylic acids is 1. The predicted octanol–water partition coefficient (Wildman–Crippen LogP) is 4.30. The molecular formula is C21H28F2N4O4S. The van der Waals surface area contributed by atoms with Gasteiger partial charge in [-0.3, -0.25) is 5.32 Å². The Morgan fingerprint density at radius 1 is 1.16 bits per heavy atom. The molecule has 0 fully saturated rings. The van der Waals surface area contributed by atoms with Crippen molar-refractivity contribution in [3.05, 3.63) is 40.5 Å². The Morgan fingerprint density at radius 3 is 2.56 bits per heavy atom. The molecule has 0 aliphatic rings. The topological polar surface area (TPSA) is 113 Å². The van der Waals surface area contributed by atoms with Crippen LogP contribution in [-0.2, 0) is 6.61 Å². The van der Waals surface area contributed by atoms with Gasteiger partial charge in [0.15, 0.2) is 5.56 Å². The molecule has 176 valence electrons. The molecule has 32 heavy (non-hydrogen) atoms. The number of unbranched alkanes of at least 4 members (excludes halogenated alkanes) is 2. The van der Waals surface area contributed by atoms with Crippen LogP contribution in [0.1, 0.15) is 54.6 Å². The summed E-state index contributed by atoms with van der Waals surface area (Å²) in [7, 11) is 0. The third-order valence-corrected chi connectivity index (χ3v) is 5.23. The number of hydrogen-bond donors (Lipinski definition) is 4. The number of aryl methyl sites for hydroxylation is 1. The fourth-order valence-electron chi connectivity index (χ4n) is 2.76. The van der Waals surface area contributed by atoms with Gasteiger partial charge in [0.1, 0.15) is 23.2 Å². The number of aromatic nitrogens is 1. The van der Waals surface area contributed by atoms with Gasteiger partial charge in [-0.25, -0.2) is 18.4 Å². The summed E-state index contributed by atoms with van der Waals surface area (Å²) in [5.74, 6) is -2.92. The number of benzene rings is 1. The molecule has 1 heterocycles. The Kier molecular flexibility index (Phi) is 9.79. The van der Waals surface area contributed by atoms with Crippen LogP contribution in [0.4, 0.5) is 18.6 Å². The molecule has 0 radical (unpaired) electrons. The van der Waals surface area contributed by atoms with Gasteiger partial charge in [0.05, 0.1) is 0 Å². The lowest BCUT2D eigenvalue weighted by atomic mass is 10.1. The van der Waals surface area contributed by atoms with Crippen molar-refractivity contribution in [3.63, 3.8) is 0 Å². The molecule has 8 nitrogen and oxygen atoms in total. The first-order chi connectivity index (χ1) is 15.2. The number of amides is 2. The first-order valence-corrected chi connectivity index (χ1v) is 11.0. The van der Waals surface area contributed by atoms with Gasteiger partial charge in [0, 0.05) is 18.2 Å². The fraction of sp³-hybridized carbons (Fsp3) is 0.476. The molecule has 1 aromatic carbocycles. The average Bonchev–Trinajstić information content (AvgIpc) is 3.11. The Balaban J connectivity index is 1.89. The van der Waals surface area contributed by atoms with Crippen molar-refractivity contribution in [2.45, 2.75) is 52.7 Å². The minimum Gasteiger partial charge on any atom is -0.477 e. The van der Waals surface area contributed by atoms with Crippen LogP contribution in [0.2, 0.25) is 0 Å². The molecule has 4 N–H and O–H groups in total. The number of nitrogens with zero attached hydrogens (tertiary/aromatic N) is 1. The van der Waals surface area contributed by atoms with Crippen LogP contribution in [0.25, 0.3) is 0 Å². The van der Waals surface area contributed by atoms with Crippen molar-refractivity contribution in [1.29, 1.82) is 0 Å². The van der Waals surface area contributed by atoms with Crippen LogP contribution in [0.15, 0.2) is 12.1 Å². The highest BCUT2D eigenvalue weighted by molar-refractivity contribution is 7.11. The van der Waals surface area contributed by atoms with Gasteiger partial charge in [-0.15, -0.1) is 0 Å². The lowest BCUT2D eigenvalue weighted by molar-refractivity contribution is 0.0693. The standard InChI is InChI=1S/C21H28F2N4O4S/c1-12(2)24-7-5-4-6-8-25-21(30)26-19-17(20(28)29)18(27-32-19)31-11-14-10-15(22)13(3)9-16(14)23/h9-10,12,24H,4-8,11H2,1-3H3,(H,28,29)(H2,25,26,30). The maximum atomic E-state index is 14.0. The molecule has 0 aliphatic heterocycles. The van der Waals surface area contributed by atoms with Gasteiger partial charge < -0.3 is 20.5 Å². The second-order valence-electron chi connectivity index (χ2n) is 7.53. The van der Waals surface area contributed by atoms with Gasteiger partial charge in [0.25, 0.3) is 0 Å². The summed E-state index contributed by atoms with van der Waals surface area (Å²) in [6.07, 6.45) is 2.72. The molecule has 0 unspecified atom stereocenters. The van der Waals surface area contributed by atoms with Crippen LogP contribution in [0.3, 0.4) is 0 Å². The largest absolute Gasteiger partial charge is 0.477 e. The molecule has 2 amide bonds. The second kappa shape index (κ2) is 12.3. The van der Waals surface area contributed by atoms with Gasteiger partial charge in [-0.1, -0.05) is 20.3 Å². The van der Waals surface area contributed by atoms with Crippen molar-refractivity contribution in [2.75, 3.05) is 18.4 Å². The number of hydrogen-bond acceptors (Lipinski definition) is 6. The molecule has 0 saturated carbocycles. The van der Waals surface area contributed by atoms with E-state index in [4.69, 9.17) is 4.74 Å². The van der Waals surface area contributed by atoms with E-state index in [0.717, 1.165) is 49.5 Å². The monoisotopic (exact) mass is 470 g/mol. The molecule has 0 aliphatic carbocycles. The summed E-state index contributed by atoms with van der Waals surface area (Å²) in [5, 5.41) is 17.9. The van der Waals surface area contributed by atoms with Crippen molar-refractivity contribution in [2.24, 2.45) is 0 Å². The molecule has 0 bridgehead atoms. The normalized spacial score (nSPS) is 10.9. The van der Waals surface area contributed by atoms with Crippen molar-refractivity contribution >= 4 is 28.5 Å². The molecule has 2 aromatic rings. The summed E-state index contributed by atoms with van der Waals surface area (Å²) in [6, 6.07) is 1.90. The Bertz CT molecular complexity index is 937. The zero-order valence-electron chi connectivity index (χ0n) is 18.3. The number of anilines is 1. The molecule has 0 saturated heterocycles. The first kappa shape index (κ1) is 25.5. The number of carbonyl (C=O) groups is 2. The van der Waals surface area contributed by atoms with E-state index in [1.54, 1.807) is 0 Å². The Labute approximate surface area is 189 Å². The zero-order chi connectivity index (χ0) is 23.7. The fourth-order valence-corrected chi connectivity index (χ4v) is 3.48. The van der Waals surface area contributed by atoms with E-state index >= 15 is 0 Å². The Hall–Kier alpha value is -2.79. The van der Waals surface area contributed by atoms with E-state index in [2.05, 4.69) is 34.2 Å². The SMILES string of the molecule is Cc1cc(F)c(COc2nsc(NC(=O)NCCCCCNC(C)C)c2C(=O)O)cc1F. The van der Waals surface area contributed by atoms with Gasteiger partial charge in [0.2, 0.25) is 5.88 Å². The maximum absolute atomic E-state index is 14.0. The molecule has 11 heteroatoms. The smallest absolute Gasteiger partial charge is 0.344 e. The lowest BCUT2D eigenvalue weighted by Crippen LogP contribution is -2.30. The van der Waals surface area contributed by atoms with Crippen LogP contribution >= 0.6 is 11.5 Å². The van der Waals surface area contributed by atoms with Crippen LogP contribution in [-0.4, -0.2) is 40.6 Å². The summed E-state index contributed by atoms with van der Waals surface area (Å²) in [5.41, 5.74) is -0.276. The van der Waals surface area contributed by atoms with Gasteiger partial charge in [-0.2, -0.15) is 4.37 Å². The summed E-state index contributed by atoms with van der Waals surface area (Å²) in [6.45, 7) is 6.52. The first-order valence-electron chi connectivity index (χ1n) is 10.3. The van der Waals surface area contributed by atoms with Crippen molar-refractivity contribution in [3.8, 4) is 5.88 Å². The zero-order valence-corrected chi connectivity index (χ0v) is 19.1. The summed E-state index contributed by atoms with van der Waals surface area (Å²) < 4.78 is 36.8. The molecule has 1 aromatic heterocycles. The molecule has 0 spiro atoms. The van der Waals surface area contributed by atoms with Crippen molar-refractivity contribution in [1.82, 2.24) is 15.0 Å². The van der Waals surface area contributed by atoms with Crippen LogP contribution in [0.5, 0.6) is 5.88 Å². The van der Waals surface area contributed by atoms with E-state index in [0.29, 0.717) is 12.6 Å². The number of ether oxygens (including phenoxy) is 1. The number of rotatable bonds is 12. The quantitative estimate of drug-likeness (QED) is 0.344. The predicted molar refractivity (Wildman–Crippen MR) is 119 cm³/mol. The van der Waals surface area contributed by atoms with Gasteiger partial charge in [-0.05, 0) is 55.5 Å². The molecule has 2 rings (SSSR count). The number of carboxylic acids is 1. The highest BCUT2D eigenvalue weighted by Crippen LogP contribution is 2.31. The van der Waals surface area contributed by atoms with Crippen molar-refractivity contribution < 1.29 is 28.2 Å². The third kappa shape index (κ3) is 7.72. The van der Waals surface area contributed by atoms with E-state index in [9.17, 15) is 23.5 Å². The average molecular weight is 471 g/mol. The number of carboxylic acid groups (broad SMARTS) is 1. The van der Waals surface area contributed by atoms with E-state index in [-0.39, 0.29) is 27.6 Å². The number of urea groups is 1. The van der Waals surface area contributed by atoms with Crippen LogP contribution < -0.4 is 20.7 Å².